The molecule has 1 aromatic carbocycles. The predicted molar refractivity (Wildman–Crippen MR) is 69.8 cm³/mol. The average molecular weight is 238 g/mol. The fourth-order valence-corrected chi connectivity index (χ4v) is 2.58. The van der Waals surface area contributed by atoms with Gasteiger partial charge in [-0.2, -0.15) is 0 Å². The molecule has 0 aromatic heterocycles. The van der Waals surface area contributed by atoms with E-state index >= 15 is 0 Å². The third-order valence-electron chi connectivity index (χ3n) is 3.48. The van der Waals surface area contributed by atoms with Gasteiger partial charge in [0, 0.05) is 11.1 Å². The Labute approximate surface area is 103 Å². The van der Waals surface area contributed by atoms with E-state index in [1.807, 2.05) is 12.1 Å². The van der Waals surface area contributed by atoms with E-state index in [9.17, 15) is 0 Å². The first-order valence-corrected chi connectivity index (χ1v) is 6.68. The molecule has 0 saturated heterocycles. The second kappa shape index (κ2) is 5.70. The minimum absolute atomic E-state index is 0.461. The zero-order valence-corrected chi connectivity index (χ0v) is 10.6. The summed E-state index contributed by atoms with van der Waals surface area (Å²) in [6, 6.07) is 8.70. The van der Waals surface area contributed by atoms with Gasteiger partial charge in [-0.25, -0.2) is 0 Å². The largest absolute Gasteiger partial charge is 0.310 e. The molecule has 1 aromatic rings. The first-order chi connectivity index (χ1) is 7.83. The molecular weight excluding hydrogens is 218 g/mol. The number of nitrogens with one attached hydrogen (secondary N) is 1. The smallest absolute Gasteiger partial charge is 0.0453 e. The van der Waals surface area contributed by atoms with Gasteiger partial charge in [0.15, 0.2) is 0 Å². The minimum atomic E-state index is 0.461. The van der Waals surface area contributed by atoms with Crippen LogP contribution in [0.15, 0.2) is 24.3 Å². The van der Waals surface area contributed by atoms with Crippen molar-refractivity contribution in [2.24, 2.45) is 5.92 Å². The summed E-state index contributed by atoms with van der Waals surface area (Å²) in [4.78, 5) is 0. The maximum Gasteiger partial charge on any atom is 0.0453 e. The van der Waals surface area contributed by atoms with Gasteiger partial charge in [-0.3, -0.25) is 0 Å². The average Bonchev–Trinajstić information content (AvgIpc) is 2.22. The van der Waals surface area contributed by atoms with Gasteiger partial charge in [-0.15, -0.1) is 0 Å². The van der Waals surface area contributed by atoms with E-state index in [0.29, 0.717) is 6.04 Å². The standard InChI is InChI=1S/C14H20ClN/c1-2-10-16-14(11-6-5-7-11)12-8-3-4-9-13(12)15/h3-4,8-9,11,14,16H,2,5-7,10H2,1H3. The van der Waals surface area contributed by atoms with Gasteiger partial charge in [-0.05, 0) is 43.4 Å². The fourth-order valence-electron chi connectivity index (χ4n) is 2.33. The van der Waals surface area contributed by atoms with Crippen LogP contribution >= 0.6 is 11.6 Å². The number of halogens is 1. The van der Waals surface area contributed by atoms with Gasteiger partial charge >= 0.3 is 0 Å². The van der Waals surface area contributed by atoms with Crippen molar-refractivity contribution in [1.82, 2.24) is 5.32 Å². The lowest BCUT2D eigenvalue weighted by Gasteiger charge is -2.35. The van der Waals surface area contributed by atoms with Gasteiger partial charge in [0.2, 0.25) is 0 Å². The van der Waals surface area contributed by atoms with Gasteiger partial charge in [0.1, 0.15) is 0 Å². The van der Waals surface area contributed by atoms with E-state index < -0.39 is 0 Å². The molecule has 1 N–H and O–H groups in total. The van der Waals surface area contributed by atoms with Crippen LogP contribution in [-0.4, -0.2) is 6.54 Å². The second-order valence-corrected chi connectivity index (χ2v) is 5.05. The molecule has 0 heterocycles. The molecule has 1 aliphatic rings. The zero-order valence-electron chi connectivity index (χ0n) is 9.88. The summed E-state index contributed by atoms with van der Waals surface area (Å²) in [5.41, 5.74) is 1.28. The molecule has 0 bridgehead atoms. The normalized spacial score (nSPS) is 18.1. The van der Waals surface area contributed by atoms with Crippen molar-refractivity contribution >= 4 is 11.6 Å². The lowest BCUT2D eigenvalue weighted by Crippen LogP contribution is -2.32. The van der Waals surface area contributed by atoms with Gasteiger partial charge in [-0.1, -0.05) is 43.1 Å². The van der Waals surface area contributed by atoms with Crippen LogP contribution in [0.5, 0.6) is 0 Å². The maximum atomic E-state index is 6.28. The topological polar surface area (TPSA) is 12.0 Å². The molecular formula is C14H20ClN. The van der Waals surface area contributed by atoms with Gasteiger partial charge < -0.3 is 5.32 Å². The quantitative estimate of drug-likeness (QED) is 0.810. The Morgan fingerprint density at radius 3 is 2.69 bits per heavy atom. The van der Waals surface area contributed by atoms with E-state index in [4.69, 9.17) is 11.6 Å². The SMILES string of the molecule is CCCNC(c1ccccc1Cl)C1CCC1. The molecule has 0 aliphatic heterocycles. The number of hydrogen-bond donors (Lipinski definition) is 1. The molecule has 1 fully saturated rings. The first kappa shape index (κ1) is 11.9. The summed E-state index contributed by atoms with van der Waals surface area (Å²) >= 11 is 6.28. The Balaban J connectivity index is 2.13. The molecule has 2 rings (SSSR count). The van der Waals surface area contributed by atoms with Crippen molar-refractivity contribution in [2.75, 3.05) is 6.54 Å². The lowest BCUT2D eigenvalue weighted by atomic mass is 9.77. The summed E-state index contributed by atoms with van der Waals surface area (Å²) in [7, 11) is 0. The molecule has 0 spiro atoms. The zero-order chi connectivity index (χ0) is 11.4. The lowest BCUT2D eigenvalue weighted by molar-refractivity contribution is 0.231. The molecule has 1 atom stereocenters. The molecule has 0 amide bonds. The third kappa shape index (κ3) is 2.58. The van der Waals surface area contributed by atoms with Crippen LogP contribution in [0.1, 0.15) is 44.2 Å². The number of hydrogen-bond acceptors (Lipinski definition) is 1. The summed E-state index contributed by atoms with van der Waals surface area (Å²) in [6.45, 7) is 3.28. The van der Waals surface area contributed by atoms with Crippen LogP contribution in [0.3, 0.4) is 0 Å². The Morgan fingerprint density at radius 1 is 1.38 bits per heavy atom. The van der Waals surface area contributed by atoms with Crippen LogP contribution in [0.2, 0.25) is 5.02 Å². The van der Waals surface area contributed by atoms with E-state index in [1.165, 1.54) is 31.2 Å². The number of rotatable bonds is 5. The Bertz CT molecular complexity index is 333. The summed E-state index contributed by atoms with van der Waals surface area (Å²) in [5, 5.41) is 4.55. The highest BCUT2D eigenvalue weighted by Gasteiger charge is 2.28. The highest BCUT2D eigenvalue weighted by Crippen LogP contribution is 2.39. The molecule has 1 unspecified atom stereocenters. The molecule has 1 nitrogen and oxygen atoms in total. The van der Waals surface area contributed by atoms with Crippen molar-refractivity contribution in [3.8, 4) is 0 Å². The van der Waals surface area contributed by atoms with Crippen LogP contribution < -0.4 is 5.32 Å². The van der Waals surface area contributed by atoms with E-state index in [0.717, 1.165) is 17.5 Å². The predicted octanol–water partition coefficient (Wildman–Crippen LogP) is 4.18. The van der Waals surface area contributed by atoms with Crippen LogP contribution in [-0.2, 0) is 0 Å². The summed E-state index contributed by atoms with van der Waals surface area (Å²) in [6.07, 6.45) is 5.23. The molecule has 88 valence electrons. The van der Waals surface area contributed by atoms with Crippen LogP contribution in [0.25, 0.3) is 0 Å². The van der Waals surface area contributed by atoms with Crippen LogP contribution in [0, 0.1) is 5.92 Å². The Kier molecular flexibility index (Phi) is 4.25. The van der Waals surface area contributed by atoms with E-state index in [1.54, 1.807) is 0 Å². The molecule has 1 aliphatic carbocycles. The second-order valence-electron chi connectivity index (χ2n) is 4.64. The Hall–Kier alpha value is -0.530. The highest BCUT2D eigenvalue weighted by atomic mass is 35.5. The monoisotopic (exact) mass is 237 g/mol. The van der Waals surface area contributed by atoms with Crippen molar-refractivity contribution in [3.63, 3.8) is 0 Å². The van der Waals surface area contributed by atoms with Crippen molar-refractivity contribution < 1.29 is 0 Å². The third-order valence-corrected chi connectivity index (χ3v) is 3.82. The van der Waals surface area contributed by atoms with Gasteiger partial charge in [0.05, 0.1) is 0 Å². The van der Waals surface area contributed by atoms with Crippen molar-refractivity contribution in [1.29, 1.82) is 0 Å². The molecule has 0 radical (unpaired) electrons. The van der Waals surface area contributed by atoms with Gasteiger partial charge in [0.25, 0.3) is 0 Å². The minimum Gasteiger partial charge on any atom is -0.310 e. The van der Waals surface area contributed by atoms with E-state index in [2.05, 4.69) is 24.4 Å². The summed E-state index contributed by atoms with van der Waals surface area (Å²) < 4.78 is 0. The maximum absolute atomic E-state index is 6.28. The molecule has 16 heavy (non-hydrogen) atoms. The Morgan fingerprint density at radius 2 is 2.12 bits per heavy atom. The summed E-state index contributed by atoms with van der Waals surface area (Å²) in [5.74, 6) is 0.784. The van der Waals surface area contributed by atoms with E-state index in [-0.39, 0.29) is 0 Å². The number of benzene rings is 1. The molecule has 2 heteroatoms. The van der Waals surface area contributed by atoms with Crippen LogP contribution in [0.4, 0.5) is 0 Å². The highest BCUT2D eigenvalue weighted by molar-refractivity contribution is 6.31. The first-order valence-electron chi connectivity index (χ1n) is 6.30. The molecule has 1 saturated carbocycles. The fraction of sp³-hybridized carbons (Fsp3) is 0.571. The van der Waals surface area contributed by atoms with Crippen molar-refractivity contribution in [3.05, 3.63) is 34.9 Å². The van der Waals surface area contributed by atoms with Crippen molar-refractivity contribution in [2.45, 2.75) is 38.6 Å².